The van der Waals surface area contributed by atoms with Crippen LogP contribution in [0.2, 0.25) is 0 Å². The number of hydrogen-bond acceptors (Lipinski definition) is 2. The van der Waals surface area contributed by atoms with Crippen LogP contribution in [0.15, 0.2) is 24.3 Å². The number of benzene rings is 1. The molecule has 1 aliphatic heterocycles. The molecule has 3 rings (SSSR count). The minimum absolute atomic E-state index is 0.0351. The van der Waals surface area contributed by atoms with Crippen molar-refractivity contribution in [3.05, 3.63) is 41.1 Å². The van der Waals surface area contributed by atoms with Crippen LogP contribution in [-0.2, 0) is 18.3 Å². The molecule has 4 heteroatoms. The zero-order chi connectivity index (χ0) is 13.6. The van der Waals surface area contributed by atoms with E-state index in [0.29, 0.717) is 12.0 Å². The average molecular weight is 251 g/mol. The van der Waals surface area contributed by atoms with E-state index in [1.807, 2.05) is 42.8 Å². The lowest BCUT2D eigenvalue weighted by Crippen LogP contribution is -2.03. The molecule has 2 heterocycles. The zero-order valence-electron chi connectivity index (χ0n) is 10.8. The van der Waals surface area contributed by atoms with Gasteiger partial charge < -0.3 is 9.88 Å². The fourth-order valence-electron chi connectivity index (χ4n) is 2.48. The molecule has 0 unspecified atom stereocenters. The minimum Gasteiger partial charge on any atom is -0.347 e. The van der Waals surface area contributed by atoms with E-state index < -0.39 is 0 Å². The number of carbonyl (C=O) groups excluding carboxylic acids is 1. The van der Waals surface area contributed by atoms with Crippen molar-refractivity contribution in [3.8, 4) is 17.3 Å². The number of rotatable bonds is 1. The second-order valence-electron chi connectivity index (χ2n) is 4.80. The SMILES string of the molecule is Cc1c(C#N)cc(-c2ccc3c(c2)CC(=O)N3)n1C. The first-order valence-electron chi connectivity index (χ1n) is 6.09. The summed E-state index contributed by atoms with van der Waals surface area (Å²) < 4.78 is 2.00. The highest BCUT2D eigenvalue weighted by molar-refractivity contribution is 5.99. The molecule has 2 aromatic rings. The van der Waals surface area contributed by atoms with Crippen LogP contribution in [-0.4, -0.2) is 10.5 Å². The lowest BCUT2D eigenvalue weighted by molar-refractivity contribution is -0.115. The fraction of sp³-hybridized carbons (Fsp3) is 0.200. The Balaban J connectivity index is 2.12. The van der Waals surface area contributed by atoms with E-state index in [-0.39, 0.29) is 5.91 Å². The Morgan fingerprint density at radius 1 is 1.37 bits per heavy atom. The lowest BCUT2D eigenvalue weighted by Gasteiger charge is -2.07. The van der Waals surface area contributed by atoms with Crippen molar-refractivity contribution in [1.82, 2.24) is 4.57 Å². The standard InChI is InChI=1S/C15H13N3O/c1-9-12(8-16)6-14(18(9)2)10-3-4-13-11(5-10)7-15(19)17-13/h3-6H,7H2,1-2H3,(H,17,19). The van der Waals surface area contributed by atoms with E-state index in [2.05, 4.69) is 11.4 Å². The number of amides is 1. The molecule has 0 fully saturated rings. The van der Waals surface area contributed by atoms with Crippen molar-refractivity contribution < 1.29 is 4.79 Å². The molecular weight excluding hydrogens is 238 g/mol. The quantitative estimate of drug-likeness (QED) is 0.845. The van der Waals surface area contributed by atoms with Gasteiger partial charge in [-0.2, -0.15) is 5.26 Å². The summed E-state index contributed by atoms with van der Waals surface area (Å²) in [7, 11) is 1.95. The monoisotopic (exact) mass is 251 g/mol. The third-order valence-corrected chi connectivity index (χ3v) is 3.68. The van der Waals surface area contributed by atoms with Gasteiger partial charge in [-0.1, -0.05) is 6.07 Å². The van der Waals surface area contributed by atoms with Crippen LogP contribution < -0.4 is 5.32 Å². The highest BCUT2D eigenvalue weighted by Gasteiger charge is 2.19. The van der Waals surface area contributed by atoms with Gasteiger partial charge in [0.1, 0.15) is 6.07 Å². The summed E-state index contributed by atoms with van der Waals surface area (Å²) in [6.07, 6.45) is 0.428. The second kappa shape index (κ2) is 3.99. The van der Waals surface area contributed by atoms with Gasteiger partial charge >= 0.3 is 0 Å². The summed E-state index contributed by atoms with van der Waals surface area (Å²) in [5.41, 5.74) is 5.57. The Kier molecular flexibility index (Phi) is 2.42. The van der Waals surface area contributed by atoms with E-state index in [1.165, 1.54) is 0 Å². The molecule has 0 aliphatic carbocycles. The van der Waals surface area contributed by atoms with Crippen LogP contribution in [0.3, 0.4) is 0 Å². The predicted molar refractivity (Wildman–Crippen MR) is 72.6 cm³/mol. The van der Waals surface area contributed by atoms with Crippen molar-refractivity contribution >= 4 is 11.6 Å². The summed E-state index contributed by atoms with van der Waals surface area (Å²) in [6.45, 7) is 1.93. The molecule has 1 aromatic carbocycles. The van der Waals surface area contributed by atoms with E-state index >= 15 is 0 Å². The molecule has 0 saturated heterocycles. The summed E-state index contributed by atoms with van der Waals surface area (Å²) in [4.78, 5) is 11.4. The van der Waals surface area contributed by atoms with Gasteiger partial charge in [-0.25, -0.2) is 0 Å². The topological polar surface area (TPSA) is 57.8 Å². The van der Waals surface area contributed by atoms with Crippen LogP contribution in [0.1, 0.15) is 16.8 Å². The Morgan fingerprint density at radius 3 is 2.84 bits per heavy atom. The van der Waals surface area contributed by atoms with Crippen molar-refractivity contribution in [2.45, 2.75) is 13.3 Å². The molecule has 1 amide bonds. The van der Waals surface area contributed by atoms with Crippen molar-refractivity contribution in [1.29, 1.82) is 5.26 Å². The van der Waals surface area contributed by atoms with Gasteiger partial charge in [-0.3, -0.25) is 4.79 Å². The van der Waals surface area contributed by atoms with E-state index in [4.69, 9.17) is 5.26 Å². The molecule has 0 bridgehead atoms. The van der Waals surface area contributed by atoms with Crippen molar-refractivity contribution in [3.63, 3.8) is 0 Å². The largest absolute Gasteiger partial charge is 0.347 e. The van der Waals surface area contributed by atoms with E-state index in [0.717, 1.165) is 28.2 Å². The smallest absolute Gasteiger partial charge is 0.228 e. The van der Waals surface area contributed by atoms with Gasteiger partial charge in [-0.05, 0) is 36.2 Å². The van der Waals surface area contributed by atoms with Gasteiger partial charge in [0.05, 0.1) is 12.0 Å². The van der Waals surface area contributed by atoms with Crippen LogP contribution >= 0.6 is 0 Å². The van der Waals surface area contributed by atoms with Gasteiger partial charge in [0.2, 0.25) is 5.91 Å². The highest BCUT2D eigenvalue weighted by atomic mass is 16.1. The second-order valence-corrected chi connectivity index (χ2v) is 4.80. The van der Waals surface area contributed by atoms with E-state index in [1.54, 1.807) is 0 Å². The van der Waals surface area contributed by atoms with Gasteiger partial charge in [0, 0.05) is 24.1 Å². The molecular formula is C15H13N3O. The zero-order valence-corrected chi connectivity index (χ0v) is 10.8. The molecule has 4 nitrogen and oxygen atoms in total. The molecule has 94 valence electrons. The van der Waals surface area contributed by atoms with Crippen LogP contribution in [0.5, 0.6) is 0 Å². The van der Waals surface area contributed by atoms with Gasteiger partial charge in [0.15, 0.2) is 0 Å². The normalized spacial score (nSPS) is 13.0. The first kappa shape index (κ1) is 11.5. The van der Waals surface area contributed by atoms with Crippen LogP contribution in [0.4, 0.5) is 5.69 Å². The number of anilines is 1. The maximum atomic E-state index is 11.4. The van der Waals surface area contributed by atoms with Gasteiger partial charge in [-0.15, -0.1) is 0 Å². The third-order valence-electron chi connectivity index (χ3n) is 3.68. The number of fused-ring (bicyclic) bond motifs is 1. The first-order valence-corrected chi connectivity index (χ1v) is 6.09. The summed E-state index contributed by atoms with van der Waals surface area (Å²) in [5, 5.41) is 11.9. The number of nitrogens with one attached hydrogen (secondary N) is 1. The Hall–Kier alpha value is -2.54. The maximum absolute atomic E-state index is 11.4. The molecule has 1 aromatic heterocycles. The van der Waals surface area contributed by atoms with Crippen LogP contribution in [0, 0.1) is 18.3 Å². The Bertz CT molecular complexity index is 735. The molecule has 0 spiro atoms. The predicted octanol–water partition coefficient (Wildman–Crippen LogP) is 2.37. The summed E-state index contributed by atoms with van der Waals surface area (Å²) in [5.74, 6) is 0.0351. The molecule has 0 radical (unpaired) electrons. The summed E-state index contributed by atoms with van der Waals surface area (Å²) in [6, 6.07) is 10.00. The minimum atomic E-state index is 0.0351. The van der Waals surface area contributed by atoms with Crippen molar-refractivity contribution in [2.24, 2.45) is 7.05 Å². The number of hydrogen-bond donors (Lipinski definition) is 1. The van der Waals surface area contributed by atoms with Crippen molar-refractivity contribution in [2.75, 3.05) is 5.32 Å². The Labute approximate surface area is 111 Å². The van der Waals surface area contributed by atoms with E-state index in [9.17, 15) is 4.79 Å². The maximum Gasteiger partial charge on any atom is 0.228 e. The lowest BCUT2D eigenvalue weighted by atomic mass is 10.1. The number of nitriles is 1. The molecule has 0 atom stereocenters. The average Bonchev–Trinajstić information content (AvgIpc) is 2.90. The fourth-order valence-corrected chi connectivity index (χ4v) is 2.48. The third kappa shape index (κ3) is 1.71. The highest BCUT2D eigenvalue weighted by Crippen LogP contribution is 2.30. The van der Waals surface area contributed by atoms with Crippen LogP contribution in [0.25, 0.3) is 11.3 Å². The number of aromatic nitrogens is 1. The Morgan fingerprint density at radius 2 is 2.16 bits per heavy atom. The summed E-state index contributed by atoms with van der Waals surface area (Å²) >= 11 is 0. The van der Waals surface area contributed by atoms with Gasteiger partial charge in [0.25, 0.3) is 0 Å². The molecule has 1 aliphatic rings. The number of nitrogens with zero attached hydrogens (tertiary/aromatic N) is 2. The molecule has 19 heavy (non-hydrogen) atoms. The number of carbonyl (C=O) groups is 1. The molecule has 0 saturated carbocycles. The molecule has 1 N–H and O–H groups in total. The first-order chi connectivity index (χ1) is 9.10.